The number of hydrogen-bond acceptors (Lipinski definition) is 2. The van der Waals surface area contributed by atoms with Gasteiger partial charge in [0.05, 0.1) is 11.1 Å². The van der Waals surface area contributed by atoms with Gasteiger partial charge in [0.25, 0.3) is 0 Å². The third kappa shape index (κ3) is 6.27. The van der Waals surface area contributed by atoms with Gasteiger partial charge < -0.3 is 10.2 Å². The second-order valence-electron chi connectivity index (χ2n) is 8.50. The van der Waals surface area contributed by atoms with Gasteiger partial charge in [0.1, 0.15) is 0 Å². The monoisotopic (exact) mass is 444 g/mol. The normalized spacial score (nSPS) is 10.5. The summed E-state index contributed by atoms with van der Waals surface area (Å²) in [6.45, 7) is 7.85. The lowest BCUT2D eigenvalue weighted by Crippen LogP contribution is -2.26. The van der Waals surface area contributed by atoms with Crippen LogP contribution in [-0.4, -0.2) is 22.2 Å². The van der Waals surface area contributed by atoms with Gasteiger partial charge in [-0.05, 0) is 36.1 Å². The van der Waals surface area contributed by atoms with Crippen molar-refractivity contribution in [2.75, 3.05) is 0 Å². The number of carbonyl (C=O) groups is 2. The topological polar surface area (TPSA) is 74.6 Å². The molecule has 4 heteroatoms. The van der Waals surface area contributed by atoms with Crippen molar-refractivity contribution in [3.8, 4) is 23.7 Å². The highest BCUT2D eigenvalue weighted by molar-refractivity contribution is 5.95. The first-order valence-electron chi connectivity index (χ1n) is 11.5. The van der Waals surface area contributed by atoms with E-state index in [1.165, 1.54) is 0 Å². The number of benzene rings is 2. The average molecular weight is 445 g/mol. The highest BCUT2D eigenvalue weighted by Crippen LogP contribution is 2.37. The molecule has 2 N–H and O–H groups in total. The van der Waals surface area contributed by atoms with Crippen LogP contribution in [0, 0.1) is 23.7 Å². The molecule has 2 aromatic rings. The lowest BCUT2D eigenvalue weighted by molar-refractivity contribution is 0.0686. The highest BCUT2D eigenvalue weighted by atomic mass is 16.4. The van der Waals surface area contributed by atoms with Crippen molar-refractivity contribution in [3.63, 3.8) is 0 Å². The van der Waals surface area contributed by atoms with Crippen LogP contribution in [0.1, 0.15) is 109 Å². The SMILES string of the molecule is CCCCC#Cc1cccc(C(C)(C)c2cccc(C#CCCCC)c2C(=O)O)c1C(=O)O. The van der Waals surface area contributed by atoms with Crippen LogP contribution in [0.3, 0.4) is 0 Å². The number of rotatable bonds is 8. The summed E-state index contributed by atoms with van der Waals surface area (Å²) in [6, 6.07) is 10.5. The van der Waals surface area contributed by atoms with Crippen molar-refractivity contribution < 1.29 is 19.8 Å². The van der Waals surface area contributed by atoms with Crippen LogP contribution >= 0.6 is 0 Å². The first kappa shape index (κ1) is 25.8. The molecular weight excluding hydrogens is 412 g/mol. The van der Waals surface area contributed by atoms with Crippen LogP contribution < -0.4 is 0 Å². The van der Waals surface area contributed by atoms with Gasteiger partial charge in [-0.25, -0.2) is 9.59 Å². The van der Waals surface area contributed by atoms with Crippen molar-refractivity contribution in [3.05, 3.63) is 69.8 Å². The summed E-state index contributed by atoms with van der Waals surface area (Å²) in [7, 11) is 0. The lowest BCUT2D eigenvalue weighted by atomic mass is 9.72. The molecule has 0 bridgehead atoms. The van der Waals surface area contributed by atoms with Crippen LogP contribution in [0.4, 0.5) is 0 Å². The molecular formula is C29H32O4. The van der Waals surface area contributed by atoms with Crippen molar-refractivity contribution in [1.29, 1.82) is 0 Å². The molecule has 2 rings (SSSR count). The third-order valence-electron chi connectivity index (χ3n) is 5.66. The fourth-order valence-electron chi connectivity index (χ4n) is 3.81. The maximum absolute atomic E-state index is 12.3. The fourth-order valence-corrected chi connectivity index (χ4v) is 3.81. The molecule has 0 heterocycles. The van der Waals surface area contributed by atoms with E-state index in [2.05, 4.69) is 37.5 Å². The Morgan fingerprint density at radius 2 is 1.15 bits per heavy atom. The first-order valence-corrected chi connectivity index (χ1v) is 11.5. The smallest absolute Gasteiger partial charge is 0.337 e. The zero-order chi connectivity index (χ0) is 24.4. The number of carboxylic acid groups (broad SMARTS) is 2. The fraction of sp³-hybridized carbons (Fsp3) is 0.379. The molecule has 0 saturated heterocycles. The van der Waals surface area contributed by atoms with E-state index >= 15 is 0 Å². The van der Waals surface area contributed by atoms with Crippen LogP contribution in [0.15, 0.2) is 36.4 Å². The van der Waals surface area contributed by atoms with Gasteiger partial charge in [-0.3, -0.25) is 0 Å². The Hall–Kier alpha value is -3.50. The Morgan fingerprint density at radius 3 is 1.48 bits per heavy atom. The Bertz CT molecular complexity index is 1040. The molecule has 172 valence electrons. The lowest BCUT2D eigenvalue weighted by Gasteiger charge is -2.30. The maximum Gasteiger partial charge on any atom is 0.337 e. The summed E-state index contributed by atoms with van der Waals surface area (Å²) in [5, 5.41) is 20.1. The average Bonchev–Trinajstić information content (AvgIpc) is 2.78. The Labute approximate surface area is 197 Å². The van der Waals surface area contributed by atoms with Crippen molar-refractivity contribution in [2.24, 2.45) is 0 Å². The van der Waals surface area contributed by atoms with Gasteiger partial charge >= 0.3 is 11.9 Å². The summed E-state index contributed by atoms with van der Waals surface area (Å²) < 4.78 is 0. The van der Waals surface area contributed by atoms with Gasteiger partial charge in [-0.1, -0.05) is 88.5 Å². The van der Waals surface area contributed by atoms with Crippen LogP contribution in [0.25, 0.3) is 0 Å². The summed E-state index contributed by atoms with van der Waals surface area (Å²) in [5.41, 5.74) is 1.26. The molecule has 0 spiro atoms. The van der Waals surface area contributed by atoms with E-state index in [9.17, 15) is 19.8 Å². The molecule has 0 amide bonds. The third-order valence-corrected chi connectivity index (χ3v) is 5.66. The van der Waals surface area contributed by atoms with Gasteiger partial charge in [-0.15, -0.1) is 0 Å². The standard InChI is InChI=1S/C29H32O4/c1-5-7-9-11-15-21-17-13-19-23(25(21)27(30)31)29(3,4)24-20-14-18-22(26(24)28(32)33)16-12-10-8-6-2/h13-14,17-20H,5-10H2,1-4H3,(H,30,31)(H,32,33). The maximum atomic E-state index is 12.3. The molecule has 0 saturated carbocycles. The van der Waals surface area contributed by atoms with Crippen LogP contribution in [0.5, 0.6) is 0 Å². The molecule has 0 aromatic heterocycles. The van der Waals surface area contributed by atoms with E-state index in [-0.39, 0.29) is 11.1 Å². The summed E-state index contributed by atoms with van der Waals surface area (Å²) in [4.78, 5) is 24.6. The first-order chi connectivity index (χ1) is 15.8. The van der Waals surface area contributed by atoms with E-state index in [4.69, 9.17) is 0 Å². The van der Waals surface area contributed by atoms with E-state index in [0.29, 0.717) is 35.1 Å². The molecule has 0 unspecified atom stereocenters. The van der Waals surface area contributed by atoms with Crippen molar-refractivity contribution in [2.45, 2.75) is 71.6 Å². The summed E-state index contributed by atoms with van der Waals surface area (Å²) in [5.74, 6) is 9.99. The molecule has 0 fully saturated rings. The van der Waals surface area contributed by atoms with E-state index in [1.807, 2.05) is 13.8 Å². The number of unbranched alkanes of at least 4 members (excludes halogenated alkanes) is 4. The molecule has 0 aliphatic rings. The Kier molecular flexibility index (Phi) is 9.31. The van der Waals surface area contributed by atoms with Gasteiger partial charge in [0.2, 0.25) is 0 Å². The molecule has 0 aliphatic carbocycles. The molecule has 2 aromatic carbocycles. The van der Waals surface area contributed by atoms with Gasteiger partial charge in [0, 0.05) is 29.4 Å². The molecule has 33 heavy (non-hydrogen) atoms. The quantitative estimate of drug-likeness (QED) is 0.360. The largest absolute Gasteiger partial charge is 0.478 e. The molecule has 4 nitrogen and oxygen atoms in total. The van der Waals surface area contributed by atoms with Gasteiger partial charge in [0.15, 0.2) is 0 Å². The zero-order valence-electron chi connectivity index (χ0n) is 19.9. The minimum absolute atomic E-state index is 0.113. The minimum atomic E-state index is -1.08. The number of hydrogen-bond donors (Lipinski definition) is 2. The number of carboxylic acids is 2. The minimum Gasteiger partial charge on any atom is -0.478 e. The van der Waals surface area contributed by atoms with Gasteiger partial charge in [-0.2, -0.15) is 0 Å². The van der Waals surface area contributed by atoms with Crippen molar-refractivity contribution >= 4 is 11.9 Å². The number of aromatic carboxylic acids is 2. The van der Waals surface area contributed by atoms with Crippen LogP contribution in [0.2, 0.25) is 0 Å². The Balaban J connectivity index is 2.68. The predicted molar refractivity (Wildman–Crippen MR) is 132 cm³/mol. The second kappa shape index (κ2) is 11.9. The van der Waals surface area contributed by atoms with Crippen LogP contribution in [-0.2, 0) is 5.41 Å². The molecule has 0 aliphatic heterocycles. The van der Waals surface area contributed by atoms with E-state index < -0.39 is 17.4 Å². The zero-order valence-corrected chi connectivity index (χ0v) is 19.9. The molecule has 0 radical (unpaired) electrons. The second-order valence-corrected chi connectivity index (χ2v) is 8.50. The van der Waals surface area contributed by atoms with Crippen molar-refractivity contribution in [1.82, 2.24) is 0 Å². The summed E-state index contributed by atoms with van der Waals surface area (Å²) >= 11 is 0. The van der Waals surface area contributed by atoms with E-state index in [0.717, 1.165) is 25.7 Å². The predicted octanol–water partition coefficient (Wildman–Crippen LogP) is 6.49. The molecule has 0 atom stereocenters. The van der Waals surface area contributed by atoms with E-state index in [1.54, 1.807) is 36.4 Å². The highest BCUT2D eigenvalue weighted by Gasteiger charge is 2.33. The summed E-state index contributed by atoms with van der Waals surface area (Å²) in [6.07, 6.45) is 5.34. The Morgan fingerprint density at radius 1 is 0.758 bits per heavy atom.